The molecule has 0 amide bonds. The fourth-order valence-electron chi connectivity index (χ4n) is 3.85. The number of para-hydroxylation sites is 1. The average molecular weight is 384 g/mol. The molecule has 1 aliphatic rings. The first-order chi connectivity index (χ1) is 13.1. The summed E-state index contributed by atoms with van der Waals surface area (Å²) in [6, 6.07) is 10.2. The molecule has 0 spiro atoms. The van der Waals surface area contributed by atoms with Crippen LogP contribution in [0.4, 0.5) is 5.82 Å². The molecular formula is C21H26ClN5. The molecule has 1 aromatic carbocycles. The lowest BCUT2D eigenvalue weighted by atomic mass is 9.97. The Bertz CT molecular complexity index is 920. The van der Waals surface area contributed by atoms with Crippen LogP contribution in [-0.4, -0.2) is 53.2 Å². The van der Waals surface area contributed by atoms with Crippen molar-refractivity contribution in [2.24, 2.45) is 0 Å². The van der Waals surface area contributed by atoms with E-state index in [0.717, 1.165) is 49.3 Å². The third-order valence-corrected chi connectivity index (χ3v) is 5.61. The zero-order valence-corrected chi connectivity index (χ0v) is 16.7. The van der Waals surface area contributed by atoms with E-state index in [1.165, 1.54) is 12.2 Å². The predicted octanol–water partition coefficient (Wildman–Crippen LogP) is 4.03. The van der Waals surface area contributed by atoms with Gasteiger partial charge in [0.05, 0.1) is 10.5 Å². The summed E-state index contributed by atoms with van der Waals surface area (Å²) in [5.74, 6) is 2.63. The van der Waals surface area contributed by atoms with E-state index in [1.54, 1.807) is 0 Å². The molecule has 2 aromatic heterocycles. The van der Waals surface area contributed by atoms with Gasteiger partial charge in [-0.05, 0) is 45.1 Å². The molecule has 142 valence electrons. The first-order valence-corrected chi connectivity index (χ1v) is 9.95. The number of likely N-dealkylation sites (N-methyl/N-ethyl adjacent to an activating group) is 1. The van der Waals surface area contributed by atoms with Crippen LogP contribution < -0.4 is 4.90 Å². The van der Waals surface area contributed by atoms with Gasteiger partial charge in [-0.1, -0.05) is 23.7 Å². The molecule has 0 aliphatic carbocycles. The van der Waals surface area contributed by atoms with Crippen LogP contribution in [0.5, 0.6) is 0 Å². The normalized spacial score (nSPS) is 17.8. The van der Waals surface area contributed by atoms with E-state index in [1.807, 2.05) is 18.3 Å². The molecule has 1 aliphatic heterocycles. The van der Waals surface area contributed by atoms with Gasteiger partial charge in [0.25, 0.3) is 0 Å². The van der Waals surface area contributed by atoms with E-state index in [9.17, 15) is 0 Å². The lowest BCUT2D eigenvalue weighted by Crippen LogP contribution is -2.36. The van der Waals surface area contributed by atoms with Crippen LogP contribution in [0.15, 0.2) is 42.7 Å². The molecule has 27 heavy (non-hydrogen) atoms. The summed E-state index contributed by atoms with van der Waals surface area (Å²) in [5.41, 5.74) is 0.881. The minimum absolute atomic E-state index is 0.430. The highest BCUT2D eigenvalue weighted by Gasteiger charge is 2.25. The number of nitrogens with zero attached hydrogens (tertiary/aromatic N) is 5. The van der Waals surface area contributed by atoms with Gasteiger partial charge in [-0.2, -0.15) is 0 Å². The molecular weight excluding hydrogens is 358 g/mol. The average Bonchev–Trinajstić information content (AvgIpc) is 3.15. The lowest BCUT2D eigenvalue weighted by Gasteiger charge is -2.33. The second-order valence-corrected chi connectivity index (χ2v) is 7.96. The van der Waals surface area contributed by atoms with Gasteiger partial charge in [0.2, 0.25) is 0 Å². The number of aromatic nitrogens is 3. The predicted molar refractivity (Wildman–Crippen MR) is 112 cm³/mol. The van der Waals surface area contributed by atoms with Crippen LogP contribution in [0, 0.1) is 0 Å². The molecule has 0 N–H and O–H groups in total. The van der Waals surface area contributed by atoms with Gasteiger partial charge in [-0.25, -0.2) is 9.97 Å². The van der Waals surface area contributed by atoms with E-state index < -0.39 is 0 Å². The van der Waals surface area contributed by atoms with Crippen LogP contribution in [0.2, 0.25) is 5.02 Å². The maximum Gasteiger partial charge on any atom is 0.129 e. The first kappa shape index (κ1) is 18.3. The van der Waals surface area contributed by atoms with Crippen molar-refractivity contribution in [3.8, 4) is 0 Å². The van der Waals surface area contributed by atoms with E-state index in [0.29, 0.717) is 10.9 Å². The number of hydrogen-bond donors (Lipinski definition) is 0. The Kier molecular flexibility index (Phi) is 5.32. The number of rotatable bonds is 5. The highest BCUT2D eigenvalue weighted by molar-refractivity contribution is 6.35. The van der Waals surface area contributed by atoms with Crippen molar-refractivity contribution in [2.45, 2.75) is 25.3 Å². The number of anilines is 1. The summed E-state index contributed by atoms with van der Waals surface area (Å²) in [4.78, 5) is 14.1. The highest BCUT2D eigenvalue weighted by atomic mass is 35.5. The molecule has 1 fully saturated rings. The largest absolute Gasteiger partial charge is 0.356 e. The van der Waals surface area contributed by atoms with E-state index in [-0.39, 0.29) is 0 Å². The van der Waals surface area contributed by atoms with Crippen LogP contribution in [-0.2, 0) is 6.54 Å². The smallest absolute Gasteiger partial charge is 0.129 e. The van der Waals surface area contributed by atoms with Crippen LogP contribution in [0.25, 0.3) is 10.9 Å². The molecule has 6 heteroatoms. The monoisotopic (exact) mass is 383 g/mol. The number of benzene rings is 1. The van der Waals surface area contributed by atoms with Crippen LogP contribution >= 0.6 is 11.6 Å². The molecule has 0 bridgehead atoms. The van der Waals surface area contributed by atoms with Crippen LogP contribution in [0.1, 0.15) is 24.6 Å². The minimum atomic E-state index is 0.430. The molecule has 0 unspecified atom stereocenters. The van der Waals surface area contributed by atoms with Crippen molar-refractivity contribution < 1.29 is 0 Å². The molecule has 3 aromatic rings. The third-order valence-electron chi connectivity index (χ3n) is 5.30. The fraction of sp³-hybridized carbons (Fsp3) is 0.429. The maximum atomic E-state index is 6.36. The van der Waals surface area contributed by atoms with Crippen molar-refractivity contribution in [3.05, 3.63) is 53.6 Å². The van der Waals surface area contributed by atoms with Gasteiger partial charge in [0.15, 0.2) is 0 Å². The maximum absolute atomic E-state index is 6.36. The zero-order chi connectivity index (χ0) is 18.8. The number of halogens is 1. The van der Waals surface area contributed by atoms with E-state index >= 15 is 0 Å². The van der Waals surface area contributed by atoms with Crippen molar-refractivity contribution in [1.82, 2.24) is 19.4 Å². The molecule has 4 rings (SSSR count). The molecule has 0 radical (unpaired) electrons. The molecule has 0 saturated carbocycles. The van der Waals surface area contributed by atoms with Crippen molar-refractivity contribution in [3.63, 3.8) is 0 Å². The molecule has 3 heterocycles. The van der Waals surface area contributed by atoms with Gasteiger partial charge >= 0.3 is 0 Å². The Morgan fingerprint density at radius 3 is 2.96 bits per heavy atom. The summed E-state index contributed by atoms with van der Waals surface area (Å²) in [6.07, 6.45) is 6.35. The Balaban J connectivity index is 1.55. The fourth-order valence-corrected chi connectivity index (χ4v) is 4.07. The first-order valence-electron chi connectivity index (χ1n) is 9.58. The topological polar surface area (TPSA) is 37.2 Å². The minimum Gasteiger partial charge on any atom is -0.356 e. The van der Waals surface area contributed by atoms with Gasteiger partial charge in [-0.3, -0.25) is 0 Å². The number of fused-ring (bicyclic) bond motifs is 1. The molecule has 1 atom stereocenters. The summed E-state index contributed by atoms with van der Waals surface area (Å²) >= 11 is 6.36. The summed E-state index contributed by atoms with van der Waals surface area (Å²) in [5, 5.41) is 1.79. The third kappa shape index (κ3) is 3.94. The van der Waals surface area contributed by atoms with Gasteiger partial charge < -0.3 is 14.4 Å². The summed E-state index contributed by atoms with van der Waals surface area (Å²) in [6.45, 7) is 3.97. The zero-order valence-electron chi connectivity index (χ0n) is 16.0. The second kappa shape index (κ2) is 7.87. The van der Waals surface area contributed by atoms with Crippen LogP contribution in [0.3, 0.4) is 0 Å². The highest BCUT2D eigenvalue weighted by Crippen LogP contribution is 2.30. The Hall–Kier alpha value is -2.11. The van der Waals surface area contributed by atoms with Crippen molar-refractivity contribution in [1.29, 1.82) is 0 Å². The number of piperidine rings is 1. The number of pyridine rings is 1. The quantitative estimate of drug-likeness (QED) is 0.666. The number of imidazole rings is 1. The second-order valence-electron chi connectivity index (χ2n) is 7.55. The van der Waals surface area contributed by atoms with Gasteiger partial charge in [0, 0.05) is 49.9 Å². The Labute approximate surface area is 165 Å². The van der Waals surface area contributed by atoms with Gasteiger partial charge in [0.1, 0.15) is 11.6 Å². The van der Waals surface area contributed by atoms with Crippen molar-refractivity contribution in [2.75, 3.05) is 38.6 Å². The van der Waals surface area contributed by atoms with Gasteiger partial charge in [-0.15, -0.1) is 0 Å². The number of hydrogen-bond acceptors (Lipinski definition) is 4. The molecule has 1 saturated heterocycles. The summed E-state index contributed by atoms with van der Waals surface area (Å²) in [7, 11) is 4.21. The van der Waals surface area contributed by atoms with Crippen molar-refractivity contribution >= 4 is 28.3 Å². The summed E-state index contributed by atoms with van der Waals surface area (Å²) < 4.78 is 2.30. The Morgan fingerprint density at radius 2 is 2.11 bits per heavy atom. The van der Waals surface area contributed by atoms with E-state index in [2.05, 4.69) is 57.8 Å². The van der Waals surface area contributed by atoms with E-state index in [4.69, 9.17) is 16.6 Å². The molecule has 5 nitrogen and oxygen atoms in total. The lowest BCUT2D eigenvalue weighted by molar-refractivity contribution is 0.373. The standard InChI is InChI=1S/C21H26ClN5/c1-25(2)13-14-26-12-10-23-21(26)17-6-4-11-27(15-17)19-9-8-16-5-3-7-18(22)20(16)24-19/h3,5,7-10,12,17H,4,6,11,13-15H2,1-2H3/t17-/m0/s1. The SMILES string of the molecule is CN(C)CCn1ccnc1[C@H]1CCCN(c2ccc3cccc(Cl)c3n2)C1. The Morgan fingerprint density at radius 1 is 1.22 bits per heavy atom.